The third-order valence-corrected chi connectivity index (χ3v) is 2.92. The molecule has 0 atom stereocenters. The Labute approximate surface area is 94.0 Å². The predicted molar refractivity (Wildman–Crippen MR) is 61.0 cm³/mol. The highest BCUT2D eigenvalue weighted by atomic mass is 19.1. The van der Waals surface area contributed by atoms with Gasteiger partial charge in [-0.2, -0.15) is 0 Å². The Kier molecular flexibility index (Phi) is 3.08. The van der Waals surface area contributed by atoms with Gasteiger partial charge in [-0.3, -0.25) is 4.79 Å². The standard InChI is InChI=1S/C12H15FN2O/c13-9-4-5-10(12(14)16)11(8-9)15-6-2-1-3-7-15/h4-5,8H,1-3,6-7H2,(H2,14,16). The maximum absolute atomic E-state index is 13.2. The fraction of sp³-hybridized carbons (Fsp3) is 0.417. The van der Waals surface area contributed by atoms with E-state index >= 15 is 0 Å². The first-order valence-electron chi connectivity index (χ1n) is 5.53. The Hall–Kier alpha value is -1.58. The molecule has 0 unspecified atom stereocenters. The number of primary amides is 1. The normalized spacial score (nSPS) is 16.2. The Morgan fingerprint density at radius 3 is 2.56 bits per heavy atom. The zero-order chi connectivity index (χ0) is 11.5. The zero-order valence-corrected chi connectivity index (χ0v) is 9.08. The molecular weight excluding hydrogens is 207 g/mol. The molecule has 1 aliphatic rings. The molecule has 0 saturated carbocycles. The second kappa shape index (κ2) is 4.51. The van der Waals surface area contributed by atoms with E-state index in [2.05, 4.69) is 0 Å². The van der Waals surface area contributed by atoms with Gasteiger partial charge in [-0.15, -0.1) is 0 Å². The van der Waals surface area contributed by atoms with Crippen LogP contribution in [0.5, 0.6) is 0 Å². The van der Waals surface area contributed by atoms with Crippen molar-refractivity contribution < 1.29 is 9.18 Å². The molecule has 1 saturated heterocycles. The van der Waals surface area contributed by atoms with Crippen molar-refractivity contribution >= 4 is 11.6 Å². The van der Waals surface area contributed by atoms with E-state index in [-0.39, 0.29) is 5.82 Å². The molecule has 4 heteroatoms. The van der Waals surface area contributed by atoms with Crippen molar-refractivity contribution in [3.63, 3.8) is 0 Å². The molecule has 1 aromatic carbocycles. The molecule has 86 valence electrons. The fourth-order valence-electron chi connectivity index (χ4n) is 2.11. The Morgan fingerprint density at radius 1 is 1.25 bits per heavy atom. The summed E-state index contributed by atoms with van der Waals surface area (Å²) in [6.07, 6.45) is 3.35. The van der Waals surface area contributed by atoms with E-state index in [0.717, 1.165) is 25.9 Å². The zero-order valence-electron chi connectivity index (χ0n) is 9.08. The summed E-state index contributed by atoms with van der Waals surface area (Å²) in [7, 11) is 0. The second-order valence-corrected chi connectivity index (χ2v) is 4.07. The van der Waals surface area contributed by atoms with Crippen LogP contribution in [0.25, 0.3) is 0 Å². The minimum absolute atomic E-state index is 0.328. The van der Waals surface area contributed by atoms with Crippen LogP contribution in [0.15, 0.2) is 18.2 Å². The van der Waals surface area contributed by atoms with Gasteiger partial charge < -0.3 is 10.6 Å². The number of nitrogens with two attached hydrogens (primary N) is 1. The molecule has 0 spiro atoms. The van der Waals surface area contributed by atoms with Crippen molar-refractivity contribution in [1.29, 1.82) is 0 Å². The molecule has 0 aliphatic carbocycles. The molecular formula is C12H15FN2O. The molecule has 3 nitrogen and oxygen atoms in total. The lowest BCUT2D eigenvalue weighted by atomic mass is 10.1. The summed E-state index contributed by atoms with van der Waals surface area (Å²) in [5.74, 6) is -0.828. The van der Waals surface area contributed by atoms with E-state index in [0.29, 0.717) is 11.3 Å². The molecule has 2 N–H and O–H groups in total. The third-order valence-electron chi connectivity index (χ3n) is 2.92. The average Bonchev–Trinajstić information content (AvgIpc) is 2.29. The maximum atomic E-state index is 13.2. The van der Waals surface area contributed by atoms with Gasteiger partial charge in [-0.1, -0.05) is 0 Å². The maximum Gasteiger partial charge on any atom is 0.250 e. The van der Waals surface area contributed by atoms with E-state index in [4.69, 9.17) is 5.73 Å². The summed E-state index contributed by atoms with van der Waals surface area (Å²) in [5.41, 5.74) is 6.32. The molecule has 0 aromatic heterocycles. The largest absolute Gasteiger partial charge is 0.371 e. The van der Waals surface area contributed by atoms with Gasteiger partial charge >= 0.3 is 0 Å². The Balaban J connectivity index is 2.36. The van der Waals surface area contributed by atoms with Crippen LogP contribution in [0.3, 0.4) is 0 Å². The molecule has 1 amide bonds. The number of rotatable bonds is 2. The quantitative estimate of drug-likeness (QED) is 0.830. The summed E-state index contributed by atoms with van der Waals surface area (Å²) in [6, 6.07) is 4.13. The summed E-state index contributed by atoms with van der Waals surface area (Å²) in [5, 5.41) is 0. The van der Waals surface area contributed by atoms with Crippen molar-refractivity contribution in [2.75, 3.05) is 18.0 Å². The van der Waals surface area contributed by atoms with Crippen LogP contribution in [0, 0.1) is 5.82 Å². The number of hydrogen-bond donors (Lipinski definition) is 1. The summed E-state index contributed by atoms with van der Waals surface area (Å²) < 4.78 is 13.2. The SMILES string of the molecule is NC(=O)c1ccc(F)cc1N1CCCCC1. The van der Waals surface area contributed by atoms with Gasteiger partial charge in [0.05, 0.1) is 11.3 Å². The molecule has 1 heterocycles. The number of halogens is 1. The van der Waals surface area contributed by atoms with E-state index in [1.165, 1.54) is 24.6 Å². The fourth-order valence-corrected chi connectivity index (χ4v) is 2.11. The monoisotopic (exact) mass is 222 g/mol. The smallest absolute Gasteiger partial charge is 0.250 e. The lowest BCUT2D eigenvalue weighted by Crippen LogP contribution is -2.31. The van der Waals surface area contributed by atoms with E-state index < -0.39 is 5.91 Å². The minimum atomic E-state index is -0.499. The van der Waals surface area contributed by atoms with Gasteiger partial charge in [-0.25, -0.2) is 4.39 Å². The first kappa shape index (κ1) is 10.9. The first-order chi connectivity index (χ1) is 7.68. The van der Waals surface area contributed by atoms with Gasteiger partial charge in [0, 0.05) is 13.1 Å². The van der Waals surface area contributed by atoms with E-state index in [9.17, 15) is 9.18 Å². The summed E-state index contributed by atoms with van der Waals surface area (Å²) in [4.78, 5) is 13.3. The number of amides is 1. The van der Waals surface area contributed by atoms with Gasteiger partial charge in [0.25, 0.3) is 5.91 Å². The van der Waals surface area contributed by atoms with Gasteiger partial charge in [0.1, 0.15) is 5.82 Å². The van der Waals surface area contributed by atoms with Crippen LogP contribution in [-0.2, 0) is 0 Å². The van der Waals surface area contributed by atoms with Crippen LogP contribution in [0.4, 0.5) is 10.1 Å². The Bertz CT molecular complexity index is 400. The lowest BCUT2D eigenvalue weighted by molar-refractivity contribution is 0.100. The van der Waals surface area contributed by atoms with Crippen LogP contribution in [0.2, 0.25) is 0 Å². The molecule has 16 heavy (non-hydrogen) atoms. The predicted octanol–water partition coefficient (Wildman–Crippen LogP) is 1.91. The van der Waals surface area contributed by atoms with Gasteiger partial charge in [0.15, 0.2) is 0 Å². The summed E-state index contributed by atoms with van der Waals surface area (Å²) >= 11 is 0. The number of hydrogen-bond acceptors (Lipinski definition) is 2. The number of carbonyl (C=O) groups excluding carboxylic acids is 1. The molecule has 1 aliphatic heterocycles. The minimum Gasteiger partial charge on any atom is -0.371 e. The molecule has 0 bridgehead atoms. The van der Waals surface area contributed by atoms with Crippen molar-refractivity contribution in [3.05, 3.63) is 29.6 Å². The number of carbonyl (C=O) groups is 1. The third kappa shape index (κ3) is 2.15. The number of anilines is 1. The molecule has 1 fully saturated rings. The van der Waals surface area contributed by atoms with Crippen molar-refractivity contribution in [1.82, 2.24) is 0 Å². The number of piperidine rings is 1. The van der Waals surface area contributed by atoms with Gasteiger partial charge in [-0.05, 0) is 37.5 Å². The van der Waals surface area contributed by atoms with E-state index in [1.807, 2.05) is 4.90 Å². The van der Waals surface area contributed by atoms with Crippen LogP contribution >= 0.6 is 0 Å². The highest BCUT2D eigenvalue weighted by molar-refractivity contribution is 5.98. The van der Waals surface area contributed by atoms with Crippen molar-refractivity contribution in [3.8, 4) is 0 Å². The highest BCUT2D eigenvalue weighted by Crippen LogP contribution is 2.24. The highest BCUT2D eigenvalue weighted by Gasteiger charge is 2.17. The lowest BCUT2D eigenvalue weighted by Gasteiger charge is -2.30. The van der Waals surface area contributed by atoms with E-state index in [1.54, 1.807) is 0 Å². The number of benzene rings is 1. The molecule has 1 aromatic rings. The van der Waals surface area contributed by atoms with Crippen molar-refractivity contribution in [2.24, 2.45) is 5.73 Å². The first-order valence-corrected chi connectivity index (χ1v) is 5.53. The topological polar surface area (TPSA) is 46.3 Å². The van der Waals surface area contributed by atoms with Crippen LogP contribution < -0.4 is 10.6 Å². The van der Waals surface area contributed by atoms with Crippen molar-refractivity contribution in [2.45, 2.75) is 19.3 Å². The van der Waals surface area contributed by atoms with Crippen LogP contribution in [0.1, 0.15) is 29.6 Å². The molecule has 0 radical (unpaired) electrons. The van der Waals surface area contributed by atoms with Crippen LogP contribution in [-0.4, -0.2) is 19.0 Å². The van der Waals surface area contributed by atoms with Gasteiger partial charge in [0.2, 0.25) is 0 Å². The molecule has 2 rings (SSSR count). The second-order valence-electron chi connectivity index (χ2n) is 4.07. The average molecular weight is 222 g/mol. The number of nitrogens with zero attached hydrogens (tertiary/aromatic N) is 1. The summed E-state index contributed by atoms with van der Waals surface area (Å²) in [6.45, 7) is 1.73. The Morgan fingerprint density at radius 2 is 1.94 bits per heavy atom.